The summed E-state index contributed by atoms with van der Waals surface area (Å²) < 4.78 is 4.89. The van der Waals surface area contributed by atoms with Crippen molar-refractivity contribution in [3.05, 3.63) is 164 Å². The topological polar surface area (TPSA) is 30.7 Å². The van der Waals surface area contributed by atoms with Gasteiger partial charge in [0.1, 0.15) is 0 Å². The Balaban J connectivity index is 1.19. The summed E-state index contributed by atoms with van der Waals surface area (Å²) in [6.07, 6.45) is 0. The summed E-state index contributed by atoms with van der Waals surface area (Å²) >= 11 is 1.86. The minimum absolute atomic E-state index is 0.668. The summed E-state index contributed by atoms with van der Waals surface area (Å²) in [5, 5.41) is 10.9. The van der Waals surface area contributed by atoms with Crippen LogP contribution in [0.2, 0.25) is 0 Å². The zero-order valence-electron chi connectivity index (χ0n) is 26.8. The first-order chi connectivity index (χ1) is 24.8. The predicted molar refractivity (Wildman–Crippen MR) is 213 cm³/mol. The van der Waals surface area contributed by atoms with Crippen LogP contribution in [0.25, 0.3) is 103 Å². The van der Waals surface area contributed by atoms with E-state index in [0.717, 1.165) is 33.2 Å². The molecule has 0 amide bonds. The molecule has 0 atom stereocenters. The molecule has 50 heavy (non-hydrogen) atoms. The molecule has 0 saturated carbocycles. The van der Waals surface area contributed by atoms with Crippen molar-refractivity contribution in [2.45, 2.75) is 0 Å². The monoisotopic (exact) mass is 653 g/mol. The molecular weight excluding hydrogens is 627 g/mol. The largest absolute Gasteiger partial charge is 0.278 e. The van der Waals surface area contributed by atoms with Gasteiger partial charge in [-0.25, -0.2) is 9.97 Å². The highest BCUT2D eigenvalue weighted by molar-refractivity contribution is 7.25. The Hall–Kier alpha value is -6.36. The van der Waals surface area contributed by atoms with Gasteiger partial charge < -0.3 is 0 Å². The van der Waals surface area contributed by atoms with Crippen LogP contribution in [0.3, 0.4) is 0 Å². The first-order valence-electron chi connectivity index (χ1n) is 16.9. The Morgan fingerprint density at radius 1 is 0.400 bits per heavy atom. The van der Waals surface area contributed by atoms with Crippen molar-refractivity contribution in [2.24, 2.45) is 0 Å². The van der Waals surface area contributed by atoms with Crippen LogP contribution in [0.1, 0.15) is 0 Å². The fraction of sp³-hybridized carbons (Fsp3) is 0. The Morgan fingerprint density at radius 2 is 1.04 bits per heavy atom. The molecule has 3 nitrogen and oxygen atoms in total. The maximum atomic E-state index is 5.39. The minimum Gasteiger partial charge on any atom is -0.278 e. The van der Waals surface area contributed by atoms with Gasteiger partial charge in [0.05, 0.1) is 22.2 Å². The number of para-hydroxylation sites is 1. The van der Waals surface area contributed by atoms with E-state index in [1.807, 2.05) is 11.3 Å². The van der Waals surface area contributed by atoms with E-state index >= 15 is 0 Å². The van der Waals surface area contributed by atoms with Gasteiger partial charge in [0, 0.05) is 41.9 Å². The van der Waals surface area contributed by atoms with Crippen molar-refractivity contribution in [1.29, 1.82) is 0 Å². The minimum atomic E-state index is 0.668. The molecule has 3 heterocycles. The number of nitrogens with zero attached hydrogens (tertiary/aromatic N) is 3. The normalized spacial score (nSPS) is 12.0. The van der Waals surface area contributed by atoms with Gasteiger partial charge in [-0.2, -0.15) is 0 Å². The molecule has 3 aromatic heterocycles. The molecular formula is C46H27N3S. The van der Waals surface area contributed by atoms with Gasteiger partial charge in [-0.05, 0) is 81.2 Å². The highest BCUT2D eigenvalue weighted by atomic mass is 32.1. The lowest BCUT2D eigenvalue weighted by Gasteiger charge is -2.12. The van der Waals surface area contributed by atoms with Crippen molar-refractivity contribution in [3.63, 3.8) is 0 Å². The Kier molecular flexibility index (Phi) is 5.83. The van der Waals surface area contributed by atoms with Crippen LogP contribution < -0.4 is 0 Å². The molecule has 8 aromatic carbocycles. The van der Waals surface area contributed by atoms with Gasteiger partial charge in [0.2, 0.25) is 5.95 Å². The summed E-state index contributed by atoms with van der Waals surface area (Å²) in [7, 11) is 0. The number of fused-ring (bicyclic) bond motifs is 10. The van der Waals surface area contributed by atoms with E-state index in [9.17, 15) is 0 Å². The van der Waals surface area contributed by atoms with E-state index in [4.69, 9.17) is 9.97 Å². The summed E-state index contributed by atoms with van der Waals surface area (Å²) in [6, 6.07) is 59.0. The van der Waals surface area contributed by atoms with Crippen LogP contribution in [0.15, 0.2) is 164 Å². The second-order valence-corrected chi connectivity index (χ2v) is 14.1. The van der Waals surface area contributed by atoms with Crippen molar-refractivity contribution < 1.29 is 0 Å². The second kappa shape index (κ2) is 10.6. The van der Waals surface area contributed by atoms with E-state index in [2.05, 4.69) is 168 Å². The van der Waals surface area contributed by atoms with Crippen LogP contribution in [0, 0.1) is 0 Å². The van der Waals surface area contributed by atoms with Crippen molar-refractivity contribution >= 4 is 85.8 Å². The van der Waals surface area contributed by atoms with Crippen molar-refractivity contribution in [1.82, 2.24) is 14.5 Å². The molecule has 232 valence electrons. The number of hydrogen-bond acceptors (Lipinski definition) is 3. The molecule has 0 aliphatic carbocycles. The first kappa shape index (κ1) is 27.6. The standard InChI is InChI=1S/C46H27N3S/c1-2-11-30-25-33(18-17-28(30)9-1)45-36-14-5-7-15-39(36)47-46(48-45)49-40-22-20-31(27-38(40)44-34-12-4-3-10-29(34)19-23-41(44)49)32-21-24-43-37(26-32)35-13-6-8-16-42(35)50-43/h1-27H. The zero-order valence-corrected chi connectivity index (χ0v) is 27.7. The van der Waals surface area contributed by atoms with Crippen LogP contribution in [-0.4, -0.2) is 14.5 Å². The summed E-state index contributed by atoms with van der Waals surface area (Å²) in [6.45, 7) is 0. The highest BCUT2D eigenvalue weighted by Crippen LogP contribution is 2.41. The summed E-state index contributed by atoms with van der Waals surface area (Å²) in [4.78, 5) is 10.6. The molecule has 0 radical (unpaired) electrons. The molecule has 0 spiro atoms. The fourth-order valence-electron chi connectivity index (χ4n) is 7.81. The van der Waals surface area contributed by atoms with Crippen LogP contribution in [0.4, 0.5) is 0 Å². The average Bonchev–Trinajstić information content (AvgIpc) is 3.72. The third kappa shape index (κ3) is 4.09. The molecule has 4 heteroatoms. The Morgan fingerprint density at radius 3 is 1.94 bits per heavy atom. The fourth-order valence-corrected chi connectivity index (χ4v) is 8.90. The lowest BCUT2D eigenvalue weighted by atomic mass is 9.99. The third-order valence-corrected chi connectivity index (χ3v) is 11.3. The van der Waals surface area contributed by atoms with Gasteiger partial charge in [-0.15, -0.1) is 11.3 Å². The van der Waals surface area contributed by atoms with E-state index < -0.39 is 0 Å². The van der Waals surface area contributed by atoms with E-state index in [0.29, 0.717) is 5.95 Å². The molecule has 0 bridgehead atoms. The Labute approximate surface area is 291 Å². The molecule has 11 aromatic rings. The van der Waals surface area contributed by atoms with Crippen molar-refractivity contribution in [3.8, 4) is 28.3 Å². The molecule has 11 rings (SSSR count). The molecule has 0 unspecified atom stereocenters. The number of benzene rings is 8. The van der Waals surface area contributed by atoms with Gasteiger partial charge in [0.15, 0.2) is 0 Å². The van der Waals surface area contributed by atoms with E-state index in [1.165, 1.54) is 63.6 Å². The molecule has 0 aliphatic heterocycles. The van der Waals surface area contributed by atoms with Crippen LogP contribution >= 0.6 is 11.3 Å². The maximum absolute atomic E-state index is 5.39. The van der Waals surface area contributed by atoms with Gasteiger partial charge in [-0.1, -0.05) is 115 Å². The van der Waals surface area contributed by atoms with Gasteiger partial charge in [-0.3, -0.25) is 4.57 Å². The smallest absolute Gasteiger partial charge is 0.235 e. The zero-order chi connectivity index (χ0) is 32.8. The molecule has 0 saturated heterocycles. The first-order valence-corrected chi connectivity index (χ1v) is 17.7. The van der Waals surface area contributed by atoms with Gasteiger partial charge >= 0.3 is 0 Å². The number of aromatic nitrogens is 3. The number of thiophene rings is 1. The Bertz CT molecular complexity index is 3170. The SMILES string of the molecule is c1ccc2cc(-c3nc(-n4c5ccc(-c6ccc7sc8ccccc8c7c6)cc5c5c6ccccc6ccc54)nc4ccccc34)ccc2c1. The maximum Gasteiger partial charge on any atom is 0.235 e. The van der Waals surface area contributed by atoms with E-state index in [1.54, 1.807) is 0 Å². The van der Waals surface area contributed by atoms with E-state index in [-0.39, 0.29) is 0 Å². The van der Waals surface area contributed by atoms with Gasteiger partial charge in [0.25, 0.3) is 0 Å². The summed E-state index contributed by atoms with van der Waals surface area (Å²) in [5.74, 6) is 0.668. The average molecular weight is 654 g/mol. The predicted octanol–water partition coefficient (Wildman–Crippen LogP) is 12.7. The number of hydrogen-bond donors (Lipinski definition) is 0. The molecule has 0 aliphatic rings. The molecule has 0 N–H and O–H groups in total. The van der Waals surface area contributed by atoms with Crippen LogP contribution in [-0.2, 0) is 0 Å². The summed E-state index contributed by atoms with van der Waals surface area (Å²) in [5.41, 5.74) is 7.51. The molecule has 0 fully saturated rings. The second-order valence-electron chi connectivity index (χ2n) is 13.0. The van der Waals surface area contributed by atoms with Crippen molar-refractivity contribution in [2.75, 3.05) is 0 Å². The lowest BCUT2D eigenvalue weighted by molar-refractivity contribution is 1.01. The third-order valence-electron chi connectivity index (χ3n) is 10.2. The van der Waals surface area contributed by atoms with Crippen LogP contribution in [0.5, 0.6) is 0 Å². The number of rotatable bonds is 3. The highest BCUT2D eigenvalue weighted by Gasteiger charge is 2.20. The quantitative estimate of drug-likeness (QED) is 0.190. The lowest BCUT2D eigenvalue weighted by Crippen LogP contribution is -2.03.